The van der Waals surface area contributed by atoms with Gasteiger partial charge in [0, 0.05) is 11.0 Å². The Morgan fingerprint density at radius 2 is 1.84 bits per heavy atom. The van der Waals surface area contributed by atoms with Crippen LogP contribution in [0.3, 0.4) is 0 Å². The molecule has 3 aliphatic carbocycles. The third-order valence-corrected chi connectivity index (χ3v) is 10.0. The normalized spacial score (nSPS) is 49.4. The fourth-order valence-corrected chi connectivity index (χ4v) is 8.46. The number of aliphatic hydroxyl groups is 2. The maximum absolute atomic E-state index is 13.2. The number of benzene rings is 1. The van der Waals surface area contributed by atoms with E-state index in [0.717, 1.165) is 29.7 Å². The smallest absolute Gasteiger partial charge is 0.158 e. The van der Waals surface area contributed by atoms with Gasteiger partial charge in [0.25, 0.3) is 0 Å². The molecule has 2 N–H and O–H groups in total. The summed E-state index contributed by atoms with van der Waals surface area (Å²) < 4.78 is 6.40. The first-order chi connectivity index (χ1) is 14.4. The van der Waals surface area contributed by atoms with E-state index in [1.165, 1.54) is 0 Å². The highest BCUT2D eigenvalue weighted by Crippen LogP contribution is 2.76. The van der Waals surface area contributed by atoms with Gasteiger partial charge in [-0.25, -0.2) is 0 Å². The van der Waals surface area contributed by atoms with Crippen LogP contribution in [0.4, 0.5) is 5.69 Å². The van der Waals surface area contributed by atoms with Crippen LogP contribution >= 0.6 is 0 Å². The molecule has 1 aromatic carbocycles. The maximum atomic E-state index is 13.2. The zero-order valence-electron chi connectivity index (χ0n) is 19.4. The van der Waals surface area contributed by atoms with Crippen LogP contribution < -0.4 is 0 Å². The van der Waals surface area contributed by atoms with Crippen molar-refractivity contribution in [3.63, 3.8) is 0 Å². The van der Waals surface area contributed by atoms with Crippen molar-refractivity contribution >= 4 is 11.4 Å². The molecule has 166 valence electrons. The molecule has 0 radical (unpaired) electrons. The van der Waals surface area contributed by atoms with E-state index in [-0.39, 0.29) is 23.5 Å². The second kappa shape index (κ2) is 5.17. The van der Waals surface area contributed by atoms with Gasteiger partial charge in [-0.3, -0.25) is 4.99 Å². The molecule has 6 rings (SSSR count). The summed E-state index contributed by atoms with van der Waals surface area (Å²) in [6, 6.07) is 6.09. The zero-order valence-corrected chi connectivity index (χ0v) is 19.4. The molecule has 0 spiro atoms. The molecule has 0 amide bonds. The first kappa shape index (κ1) is 20.1. The molecule has 0 unspecified atom stereocenters. The Labute approximate surface area is 184 Å². The van der Waals surface area contributed by atoms with Crippen LogP contribution in [-0.4, -0.2) is 46.3 Å². The largest absolute Gasteiger partial charge is 0.654 e. The minimum Gasteiger partial charge on any atom is -0.654 e. The van der Waals surface area contributed by atoms with Gasteiger partial charge in [0.05, 0.1) is 29.2 Å². The highest BCUT2D eigenvalue weighted by Gasteiger charge is 2.83. The number of ether oxygens (including phenoxy) is 1. The van der Waals surface area contributed by atoms with Crippen molar-refractivity contribution < 1.29 is 14.9 Å². The fraction of sp³-hybridized carbons (Fsp3) is 0.654. The van der Waals surface area contributed by atoms with Crippen molar-refractivity contribution in [3.05, 3.63) is 47.3 Å². The van der Waals surface area contributed by atoms with Gasteiger partial charge in [-0.15, -0.1) is 6.58 Å². The lowest BCUT2D eigenvalue weighted by atomic mass is 9.39. The Morgan fingerprint density at radius 3 is 2.48 bits per heavy atom. The van der Waals surface area contributed by atoms with Gasteiger partial charge in [-0.2, -0.15) is 7.05 Å². The number of aliphatic imine (C=N–C) groups is 1. The van der Waals surface area contributed by atoms with Gasteiger partial charge in [-0.05, 0) is 41.2 Å². The van der Waals surface area contributed by atoms with Crippen LogP contribution in [0.2, 0.25) is 0 Å². The highest BCUT2D eigenvalue weighted by atomic mass is 16.6. The second-order valence-electron chi connectivity index (χ2n) is 11.8. The van der Waals surface area contributed by atoms with Gasteiger partial charge in [0.2, 0.25) is 0 Å². The Balaban J connectivity index is 1.83. The van der Waals surface area contributed by atoms with Crippen LogP contribution in [-0.2, 0) is 15.8 Å². The van der Waals surface area contributed by atoms with E-state index in [9.17, 15) is 10.2 Å². The Hall–Kier alpha value is -1.53. The molecule has 5 heteroatoms. The lowest BCUT2D eigenvalue weighted by Gasteiger charge is -2.75. The van der Waals surface area contributed by atoms with E-state index in [4.69, 9.17) is 15.0 Å². The molecule has 2 saturated carbocycles. The number of likely N-dealkylation sites (N-methyl/N-ethyl adjacent to an activating group) is 1. The van der Waals surface area contributed by atoms with Crippen molar-refractivity contribution in [2.45, 2.75) is 81.8 Å². The highest BCUT2D eigenvalue weighted by molar-refractivity contribution is 6.07. The zero-order chi connectivity index (χ0) is 22.4. The summed E-state index contributed by atoms with van der Waals surface area (Å²) in [5, 5.41) is 31.1. The summed E-state index contributed by atoms with van der Waals surface area (Å²) in [7, 11) is 1.78. The number of hydrogen-bond acceptors (Lipinski definition) is 4. The number of rotatable bonds is 2. The summed E-state index contributed by atoms with van der Waals surface area (Å²) >= 11 is 0. The Morgan fingerprint density at radius 1 is 1.13 bits per heavy atom. The SMILES string of the molecule is C=C[C@@]1(C)CC[C@@H]2C(C)(C)c3cccc4c3[C@@]3(O)C(=N4)C(C)(C)[C@@H]4O[C@@H]4[C@@]1([N-]C)[C@@]23O. The molecule has 0 bridgehead atoms. The first-order valence-corrected chi connectivity index (χ1v) is 11.5. The maximum Gasteiger partial charge on any atom is 0.158 e. The molecule has 5 nitrogen and oxygen atoms in total. The van der Waals surface area contributed by atoms with Gasteiger partial charge in [0.15, 0.2) is 5.60 Å². The van der Waals surface area contributed by atoms with Gasteiger partial charge < -0.3 is 20.3 Å². The minimum atomic E-state index is -1.62. The summed E-state index contributed by atoms with van der Waals surface area (Å²) in [6.07, 6.45) is 3.06. The van der Waals surface area contributed by atoms with Crippen molar-refractivity contribution in [2.24, 2.45) is 21.7 Å². The number of fused-ring (bicyclic) bond motifs is 2. The lowest BCUT2D eigenvalue weighted by Crippen LogP contribution is -2.81. The summed E-state index contributed by atoms with van der Waals surface area (Å²) in [5.41, 5.74) is -2.44. The quantitative estimate of drug-likeness (QED) is 0.556. The third-order valence-electron chi connectivity index (χ3n) is 10.0. The Bertz CT molecular complexity index is 1080. The van der Waals surface area contributed by atoms with E-state index in [0.29, 0.717) is 5.71 Å². The van der Waals surface area contributed by atoms with Gasteiger partial charge in [0.1, 0.15) is 0 Å². The van der Waals surface area contributed by atoms with Crippen molar-refractivity contribution in [3.8, 4) is 0 Å². The number of hydrogen-bond donors (Lipinski definition) is 2. The molecule has 3 fully saturated rings. The second-order valence-corrected chi connectivity index (χ2v) is 11.8. The number of epoxide rings is 1. The third kappa shape index (κ3) is 1.66. The topological polar surface area (TPSA) is 79.5 Å². The molecular weight excluding hydrogens is 388 g/mol. The van der Waals surface area contributed by atoms with E-state index < -0.39 is 27.6 Å². The van der Waals surface area contributed by atoms with E-state index in [2.05, 4.69) is 47.3 Å². The standard InChI is InChI=1S/C26H33N2O3/c1-8-23(6)13-12-16-21(2,3)14-10-9-11-15-17(14)24(29)20(28-15)22(4,5)18-19(31-18)25(23,27-7)26(16,24)30/h8-11,16,18-19,29-30H,1,12-13H2,2-7H3/q-1/t16-,18-,19+,23+,24-,25+,26-/m1/s1. The minimum absolute atomic E-state index is 0.174. The fourth-order valence-electron chi connectivity index (χ4n) is 8.46. The molecule has 0 aromatic heterocycles. The van der Waals surface area contributed by atoms with E-state index in [1.54, 1.807) is 7.05 Å². The van der Waals surface area contributed by atoms with Crippen molar-refractivity contribution in [2.75, 3.05) is 7.05 Å². The summed E-state index contributed by atoms with van der Waals surface area (Å²) in [6.45, 7) is 14.9. The predicted octanol–water partition coefficient (Wildman–Crippen LogP) is 4.13. The number of nitrogens with zero attached hydrogens (tertiary/aromatic N) is 2. The summed E-state index contributed by atoms with van der Waals surface area (Å²) in [4.78, 5) is 5.02. The lowest BCUT2D eigenvalue weighted by molar-refractivity contribution is -0.246. The molecule has 2 aliphatic heterocycles. The molecule has 7 atom stereocenters. The Kier molecular flexibility index (Phi) is 3.35. The predicted molar refractivity (Wildman–Crippen MR) is 121 cm³/mol. The molecule has 1 aromatic rings. The van der Waals surface area contributed by atoms with Crippen LogP contribution in [0.1, 0.15) is 58.6 Å². The molecule has 5 aliphatic rings. The van der Waals surface area contributed by atoms with Gasteiger partial charge in [-0.1, -0.05) is 58.4 Å². The van der Waals surface area contributed by atoms with Crippen LogP contribution in [0.15, 0.2) is 35.8 Å². The van der Waals surface area contributed by atoms with E-state index in [1.807, 2.05) is 18.2 Å². The first-order valence-electron chi connectivity index (χ1n) is 11.5. The monoisotopic (exact) mass is 421 g/mol. The average Bonchev–Trinajstić information content (AvgIpc) is 3.46. The van der Waals surface area contributed by atoms with E-state index >= 15 is 0 Å². The van der Waals surface area contributed by atoms with Crippen LogP contribution in [0.25, 0.3) is 5.32 Å². The van der Waals surface area contributed by atoms with Crippen molar-refractivity contribution in [1.82, 2.24) is 0 Å². The average molecular weight is 422 g/mol. The molecular formula is C26H33N2O3-. The molecule has 1 saturated heterocycles. The summed E-state index contributed by atoms with van der Waals surface area (Å²) in [5.74, 6) is -0.216. The molecule has 2 heterocycles. The van der Waals surface area contributed by atoms with Crippen LogP contribution in [0.5, 0.6) is 0 Å². The van der Waals surface area contributed by atoms with Crippen LogP contribution in [0, 0.1) is 16.7 Å². The van der Waals surface area contributed by atoms with Crippen molar-refractivity contribution in [1.29, 1.82) is 0 Å². The van der Waals surface area contributed by atoms with Gasteiger partial charge >= 0.3 is 0 Å². The molecule has 31 heavy (non-hydrogen) atoms.